The summed E-state index contributed by atoms with van der Waals surface area (Å²) >= 11 is 3.44. The summed E-state index contributed by atoms with van der Waals surface area (Å²) in [5.74, 6) is -0.197. The molecule has 0 aromatic rings. The van der Waals surface area contributed by atoms with Crippen molar-refractivity contribution >= 4 is 20.8 Å². The van der Waals surface area contributed by atoms with Gasteiger partial charge in [0.05, 0.1) is 0 Å². The Balaban J connectivity index is 3.15. The van der Waals surface area contributed by atoms with Crippen LogP contribution in [-0.4, -0.2) is 20.6 Å². The zero-order valence-corrected chi connectivity index (χ0v) is 5.14. The highest BCUT2D eigenvalue weighted by molar-refractivity contribution is 7.80. The maximum atomic E-state index is 7.97. The summed E-state index contributed by atoms with van der Waals surface area (Å²) in [4.78, 5) is 23.9. The van der Waals surface area contributed by atoms with E-state index in [4.69, 9.17) is 14.7 Å². The van der Waals surface area contributed by atoms with Crippen molar-refractivity contribution < 1.29 is 19.2 Å². The standard InChI is InChI=1S/CH5O4PS/c2-6(3,4)5-1-7/h2-4H,1H2/p+1. The number of hydrogen-bond acceptors (Lipinski definition) is 5. The predicted molar refractivity (Wildman–Crippen MR) is 28.5 cm³/mol. The van der Waals surface area contributed by atoms with Crippen molar-refractivity contribution in [1.29, 1.82) is 0 Å². The Kier molecular flexibility index (Phi) is 3.06. The van der Waals surface area contributed by atoms with Crippen molar-refractivity contribution in [3.05, 3.63) is 0 Å². The molecule has 0 saturated heterocycles. The molecule has 4 nitrogen and oxygen atoms in total. The molecule has 0 aliphatic heterocycles. The molecule has 0 aliphatic carbocycles. The molecular formula is CH6O4PS+. The predicted octanol–water partition coefficient (Wildman–Crippen LogP) is -0.455. The van der Waals surface area contributed by atoms with Crippen LogP contribution < -0.4 is 0 Å². The lowest BCUT2D eigenvalue weighted by Crippen LogP contribution is -1.91. The highest BCUT2D eigenvalue weighted by atomic mass is 32.1. The summed E-state index contributed by atoms with van der Waals surface area (Å²) in [7, 11) is -3.99. The van der Waals surface area contributed by atoms with Crippen LogP contribution in [0, 0.1) is 0 Å². The van der Waals surface area contributed by atoms with Gasteiger partial charge in [-0.1, -0.05) is 0 Å². The molecule has 0 heterocycles. The van der Waals surface area contributed by atoms with Gasteiger partial charge >= 0.3 is 8.17 Å². The van der Waals surface area contributed by atoms with E-state index >= 15 is 0 Å². The molecule has 6 heteroatoms. The Bertz CT molecular complexity index is 50.1. The Morgan fingerprint density at radius 1 is 1.43 bits per heavy atom. The Labute approximate surface area is 46.8 Å². The quantitative estimate of drug-likeness (QED) is 0.241. The van der Waals surface area contributed by atoms with Gasteiger partial charge in [-0.25, -0.2) is 0 Å². The SMILES string of the molecule is O[P+](O)(O)OCS. The van der Waals surface area contributed by atoms with Crippen molar-refractivity contribution in [1.82, 2.24) is 0 Å². The van der Waals surface area contributed by atoms with E-state index in [0.29, 0.717) is 0 Å². The minimum absolute atomic E-state index is 0.197. The fourth-order valence-corrected chi connectivity index (χ4v) is 0.697. The second kappa shape index (κ2) is 2.81. The molecule has 0 aromatic carbocycles. The average Bonchev–Trinajstić information content (AvgIpc) is 1.30. The lowest BCUT2D eigenvalue weighted by molar-refractivity contribution is 0.187. The van der Waals surface area contributed by atoms with Gasteiger partial charge in [0, 0.05) is 0 Å². The highest BCUT2D eigenvalue weighted by Crippen LogP contribution is 2.45. The molecule has 0 bridgehead atoms. The van der Waals surface area contributed by atoms with E-state index in [9.17, 15) is 0 Å². The topological polar surface area (TPSA) is 69.9 Å². The van der Waals surface area contributed by atoms with Gasteiger partial charge in [-0.15, -0.1) is 17.2 Å². The first-order chi connectivity index (χ1) is 3.06. The molecule has 0 radical (unpaired) electrons. The molecule has 0 fully saturated rings. The molecule has 0 aromatic heterocycles. The van der Waals surface area contributed by atoms with Crippen LogP contribution in [0.3, 0.4) is 0 Å². The van der Waals surface area contributed by atoms with Gasteiger partial charge in [0.25, 0.3) is 0 Å². The van der Waals surface area contributed by atoms with E-state index in [1.165, 1.54) is 0 Å². The second-order valence-electron chi connectivity index (χ2n) is 0.771. The van der Waals surface area contributed by atoms with Crippen molar-refractivity contribution in [2.24, 2.45) is 0 Å². The van der Waals surface area contributed by atoms with Crippen molar-refractivity contribution in [3.8, 4) is 0 Å². The molecule has 0 rings (SSSR count). The molecule has 0 spiro atoms. The molecule has 0 aliphatic rings. The summed E-state index contributed by atoms with van der Waals surface area (Å²) in [6, 6.07) is 0. The summed E-state index contributed by atoms with van der Waals surface area (Å²) in [5.41, 5.74) is 0. The summed E-state index contributed by atoms with van der Waals surface area (Å²) in [6.45, 7) is 0. The van der Waals surface area contributed by atoms with Gasteiger partial charge in [0.2, 0.25) is 0 Å². The fourth-order valence-electron chi connectivity index (χ4n) is 0.0775. The minimum Gasteiger partial charge on any atom is -0.168 e. The van der Waals surface area contributed by atoms with E-state index in [-0.39, 0.29) is 5.94 Å². The van der Waals surface area contributed by atoms with Gasteiger partial charge in [-0.2, -0.15) is 14.7 Å². The first-order valence-electron chi connectivity index (χ1n) is 1.39. The molecule has 0 atom stereocenters. The lowest BCUT2D eigenvalue weighted by atomic mass is 11.7. The zero-order valence-electron chi connectivity index (χ0n) is 3.35. The molecular weight excluding hydrogens is 139 g/mol. The van der Waals surface area contributed by atoms with Crippen LogP contribution in [0.1, 0.15) is 0 Å². The second-order valence-corrected chi connectivity index (χ2v) is 2.31. The van der Waals surface area contributed by atoms with Crippen molar-refractivity contribution in [3.63, 3.8) is 0 Å². The third-order valence-corrected chi connectivity index (χ3v) is 1.04. The monoisotopic (exact) mass is 145 g/mol. The number of hydrogen-bond donors (Lipinski definition) is 4. The maximum Gasteiger partial charge on any atom is 0.568 e. The molecule has 3 N–H and O–H groups in total. The summed E-state index contributed by atoms with van der Waals surface area (Å²) < 4.78 is 3.87. The van der Waals surface area contributed by atoms with Crippen LogP contribution in [0.25, 0.3) is 0 Å². The van der Waals surface area contributed by atoms with Gasteiger partial charge < -0.3 is 0 Å². The third kappa shape index (κ3) is 6.62. The minimum atomic E-state index is -3.99. The smallest absolute Gasteiger partial charge is 0.168 e. The molecule has 0 unspecified atom stereocenters. The average molecular weight is 145 g/mol. The van der Waals surface area contributed by atoms with E-state index in [2.05, 4.69) is 17.2 Å². The summed E-state index contributed by atoms with van der Waals surface area (Å²) in [5, 5.41) is 0. The van der Waals surface area contributed by atoms with Crippen LogP contribution in [0.5, 0.6) is 0 Å². The number of rotatable bonds is 2. The van der Waals surface area contributed by atoms with Gasteiger partial charge in [-0.05, 0) is 0 Å². The maximum absolute atomic E-state index is 7.97. The number of thiol groups is 1. The highest BCUT2D eigenvalue weighted by Gasteiger charge is 2.31. The molecule has 44 valence electrons. The van der Waals surface area contributed by atoms with E-state index in [1.54, 1.807) is 0 Å². The fraction of sp³-hybridized carbons (Fsp3) is 1.00. The van der Waals surface area contributed by atoms with Crippen LogP contribution in [0.4, 0.5) is 0 Å². The first-order valence-corrected chi connectivity index (χ1v) is 3.59. The van der Waals surface area contributed by atoms with Crippen LogP contribution in [-0.2, 0) is 4.52 Å². The molecule has 7 heavy (non-hydrogen) atoms. The van der Waals surface area contributed by atoms with E-state index < -0.39 is 8.17 Å². The van der Waals surface area contributed by atoms with E-state index in [1.807, 2.05) is 0 Å². The molecule has 0 amide bonds. The van der Waals surface area contributed by atoms with Gasteiger partial charge in [0.15, 0.2) is 0 Å². The Morgan fingerprint density at radius 3 is 1.86 bits per heavy atom. The van der Waals surface area contributed by atoms with E-state index in [0.717, 1.165) is 0 Å². The lowest BCUT2D eigenvalue weighted by Gasteiger charge is -1.96. The Hall–Kier alpha value is 0.620. The molecule has 0 saturated carbocycles. The van der Waals surface area contributed by atoms with Gasteiger partial charge in [-0.3, -0.25) is 0 Å². The largest absolute Gasteiger partial charge is 0.568 e. The first kappa shape index (κ1) is 7.62. The van der Waals surface area contributed by atoms with Crippen molar-refractivity contribution in [2.75, 3.05) is 5.94 Å². The van der Waals surface area contributed by atoms with Crippen molar-refractivity contribution in [2.45, 2.75) is 0 Å². The third-order valence-electron chi connectivity index (χ3n) is 0.231. The van der Waals surface area contributed by atoms with Crippen LogP contribution >= 0.6 is 20.8 Å². The van der Waals surface area contributed by atoms with Crippen LogP contribution in [0.15, 0.2) is 0 Å². The normalized spacial score (nSPS) is 12.0. The zero-order chi connectivity index (χ0) is 5.91. The van der Waals surface area contributed by atoms with Gasteiger partial charge in [0.1, 0.15) is 5.94 Å². The summed E-state index contributed by atoms with van der Waals surface area (Å²) in [6.07, 6.45) is 0. The Morgan fingerprint density at radius 2 is 1.86 bits per heavy atom. The van der Waals surface area contributed by atoms with Crippen LogP contribution in [0.2, 0.25) is 0 Å².